The van der Waals surface area contributed by atoms with Crippen LogP contribution in [-0.2, 0) is 5.54 Å². The van der Waals surface area contributed by atoms with Crippen molar-refractivity contribution in [1.82, 2.24) is 20.0 Å². The Morgan fingerprint density at radius 3 is 1.75 bits per heavy atom. The van der Waals surface area contributed by atoms with Gasteiger partial charge >= 0.3 is 0 Å². The van der Waals surface area contributed by atoms with E-state index < -0.39 is 5.54 Å². The summed E-state index contributed by atoms with van der Waals surface area (Å²) in [5, 5.41) is 22.8. The van der Waals surface area contributed by atoms with E-state index in [9.17, 15) is 5.11 Å². The van der Waals surface area contributed by atoms with Crippen LogP contribution in [0.1, 0.15) is 27.8 Å². The average Bonchev–Trinajstić information content (AvgIpc) is 3.46. The predicted octanol–water partition coefficient (Wildman–Crippen LogP) is 6.13. The Kier molecular flexibility index (Phi) is 6.91. The Morgan fingerprint density at radius 1 is 0.775 bits per heavy atom. The number of aromatic nitrogens is 4. The molecule has 6 rings (SSSR count). The van der Waals surface area contributed by atoms with Crippen molar-refractivity contribution in [3.8, 4) is 0 Å². The van der Waals surface area contributed by atoms with E-state index in [4.69, 9.17) is 15.3 Å². The Bertz CT molecular complexity index is 1650. The number of aliphatic hydroxyl groups excluding tert-OH is 1. The first-order valence-corrected chi connectivity index (χ1v) is 13.3. The van der Waals surface area contributed by atoms with Crippen molar-refractivity contribution < 1.29 is 5.11 Å². The van der Waals surface area contributed by atoms with Crippen molar-refractivity contribution in [1.29, 1.82) is 0 Å². The summed E-state index contributed by atoms with van der Waals surface area (Å²) in [5.74, 6) is 0.675. The van der Waals surface area contributed by atoms with E-state index >= 15 is 0 Å². The molecule has 0 radical (unpaired) electrons. The second kappa shape index (κ2) is 11.0. The van der Waals surface area contributed by atoms with Crippen LogP contribution in [0, 0.1) is 0 Å². The number of nitrogens with zero attached hydrogens (tertiary/aromatic N) is 4. The first-order valence-electron chi connectivity index (χ1n) is 13.3. The molecule has 0 aliphatic rings. The summed E-state index contributed by atoms with van der Waals surface area (Å²) in [4.78, 5) is 5.03. The number of aliphatic hydroxyl groups is 1. The van der Waals surface area contributed by atoms with Gasteiger partial charge in [0.1, 0.15) is 16.9 Å². The van der Waals surface area contributed by atoms with Crippen molar-refractivity contribution >= 4 is 22.6 Å². The zero-order chi connectivity index (χ0) is 27.4. The van der Waals surface area contributed by atoms with Crippen LogP contribution >= 0.6 is 0 Å². The van der Waals surface area contributed by atoms with E-state index in [-0.39, 0.29) is 6.61 Å². The molecular weight excluding hydrogens is 494 g/mol. The zero-order valence-electron chi connectivity index (χ0n) is 22.1. The van der Waals surface area contributed by atoms with Crippen LogP contribution < -0.4 is 5.32 Å². The lowest BCUT2D eigenvalue weighted by atomic mass is 9.77. The number of hydrogen-bond donors (Lipinski definition) is 2. The van der Waals surface area contributed by atoms with Crippen molar-refractivity contribution in [3.05, 3.63) is 161 Å². The van der Waals surface area contributed by atoms with Gasteiger partial charge in [0.25, 0.3) is 0 Å². The summed E-state index contributed by atoms with van der Waals surface area (Å²) < 4.78 is 1.94. The van der Waals surface area contributed by atoms with Crippen LogP contribution in [0.5, 0.6) is 0 Å². The number of benzene rings is 4. The largest absolute Gasteiger partial charge is 0.392 e. The predicted molar refractivity (Wildman–Crippen MR) is 160 cm³/mol. The number of anilines is 1. The highest BCUT2D eigenvalue weighted by Gasteiger charge is 2.41. The van der Waals surface area contributed by atoms with E-state index in [1.165, 1.54) is 0 Å². The second-order valence-electron chi connectivity index (χ2n) is 9.45. The molecule has 2 aromatic heterocycles. The number of pyridine rings is 1. The molecule has 0 aliphatic heterocycles. The standard InChI is InChI=1S/C34H29N5O/c1-35-31-24-30(29(22-23-40)25-14-6-2-7-15-25)32-33(36-31)39(38-37-32)34(26-16-8-3-9-17-26,27-18-10-4-11-19-27)28-20-12-5-13-21-28/h2-22,24,40H,23H2,1H3,(H,35,36)/b29-22-. The Morgan fingerprint density at radius 2 is 1.27 bits per heavy atom. The highest BCUT2D eigenvalue weighted by Crippen LogP contribution is 2.42. The van der Waals surface area contributed by atoms with E-state index in [1.54, 1.807) is 6.08 Å². The molecule has 0 atom stereocenters. The Balaban J connectivity index is 1.74. The van der Waals surface area contributed by atoms with Crippen LogP contribution in [-0.4, -0.2) is 38.7 Å². The van der Waals surface area contributed by atoms with Gasteiger partial charge in [-0.2, -0.15) is 0 Å². The summed E-state index contributed by atoms with van der Waals surface area (Å²) >= 11 is 0. The maximum Gasteiger partial charge on any atom is 0.182 e. The third-order valence-electron chi connectivity index (χ3n) is 7.23. The number of hydrogen-bond acceptors (Lipinski definition) is 5. The highest BCUT2D eigenvalue weighted by molar-refractivity contribution is 5.94. The fraction of sp³-hybridized carbons (Fsp3) is 0.0882. The average molecular weight is 524 g/mol. The fourth-order valence-corrected chi connectivity index (χ4v) is 5.46. The molecule has 0 saturated heterocycles. The summed E-state index contributed by atoms with van der Waals surface area (Å²) in [6, 6.07) is 43.0. The summed E-state index contributed by atoms with van der Waals surface area (Å²) in [5.41, 5.74) is 6.19. The van der Waals surface area contributed by atoms with E-state index in [0.29, 0.717) is 17.0 Å². The van der Waals surface area contributed by atoms with Crippen molar-refractivity contribution in [3.63, 3.8) is 0 Å². The lowest BCUT2D eigenvalue weighted by molar-refractivity contribution is 0.343. The third kappa shape index (κ3) is 4.25. The molecule has 2 N–H and O–H groups in total. The van der Waals surface area contributed by atoms with Gasteiger partial charge in [-0.3, -0.25) is 0 Å². The van der Waals surface area contributed by atoms with Crippen molar-refractivity contribution in [2.24, 2.45) is 0 Å². The van der Waals surface area contributed by atoms with Gasteiger partial charge in [-0.1, -0.05) is 133 Å². The van der Waals surface area contributed by atoms with Crippen LogP contribution in [0.3, 0.4) is 0 Å². The molecule has 6 aromatic rings. The minimum atomic E-state index is -0.858. The normalized spacial score (nSPS) is 12.0. The molecule has 0 bridgehead atoms. The monoisotopic (exact) mass is 523 g/mol. The lowest BCUT2D eigenvalue weighted by Crippen LogP contribution is -2.38. The number of nitrogens with one attached hydrogen (secondary N) is 1. The van der Waals surface area contributed by atoms with Crippen molar-refractivity contribution in [2.45, 2.75) is 5.54 Å². The molecular formula is C34H29N5O. The highest BCUT2D eigenvalue weighted by atomic mass is 16.2. The van der Waals surface area contributed by atoms with Gasteiger partial charge in [0.15, 0.2) is 5.65 Å². The second-order valence-corrected chi connectivity index (χ2v) is 9.45. The molecule has 40 heavy (non-hydrogen) atoms. The van der Waals surface area contributed by atoms with Gasteiger partial charge in [0, 0.05) is 12.6 Å². The van der Waals surface area contributed by atoms with Crippen LogP contribution in [0.2, 0.25) is 0 Å². The van der Waals surface area contributed by atoms with Gasteiger partial charge in [0.05, 0.1) is 6.61 Å². The minimum Gasteiger partial charge on any atom is -0.392 e. The molecule has 196 valence electrons. The molecule has 0 saturated carbocycles. The van der Waals surface area contributed by atoms with Gasteiger partial charge in [-0.05, 0) is 33.9 Å². The fourth-order valence-electron chi connectivity index (χ4n) is 5.46. The van der Waals surface area contributed by atoms with Gasteiger partial charge < -0.3 is 10.4 Å². The Hall–Kier alpha value is -5.07. The van der Waals surface area contributed by atoms with Gasteiger partial charge in [-0.15, -0.1) is 5.10 Å². The first kappa shape index (κ1) is 25.2. The molecule has 0 unspecified atom stereocenters. The minimum absolute atomic E-state index is 0.112. The molecule has 6 nitrogen and oxygen atoms in total. The molecule has 2 heterocycles. The van der Waals surface area contributed by atoms with E-state index in [2.05, 4.69) is 41.7 Å². The zero-order valence-corrected chi connectivity index (χ0v) is 22.1. The van der Waals surface area contributed by atoms with Crippen molar-refractivity contribution in [2.75, 3.05) is 19.0 Å². The summed E-state index contributed by atoms with van der Waals surface area (Å²) in [7, 11) is 1.85. The van der Waals surface area contributed by atoms with Crippen LogP contribution in [0.25, 0.3) is 16.7 Å². The van der Waals surface area contributed by atoms with Gasteiger partial charge in [0.2, 0.25) is 0 Å². The van der Waals surface area contributed by atoms with Gasteiger partial charge in [-0.25, -0.2) is 9.67 Å². The molecule has 0 aliphatic carbocycles. The molecule has 6 heteroatoms. The molecule has 0 fully saturated rings. The number of fused-ring (bicyclic) bond motifs is 1. The third-order valence-corrected chi connectivity index (χ3v) is 7.23. The molecule has 0 spiro atoms. The Labute approximate surface area is 233 Å². The molecule has 0 amide bonds. The van der Waals surface area contributed by atoms with Crippen LogP contribution in [0.4, 0.5) is 5.82 Å². The maximum absolute atomic E-state index is 9.99. The first-order chi connectivity index (χ1) is 19.8. The topological polar surface area (TPSA) is 75.9 Å². The lowest BCUT2D eigenvalue weighted by Gasteiger charge is -2.36. The van der Waals surface area contributed by atoms with E-state index in [1.807, 2.05) is 103 Å². The molecule has 4 aromatic carbocycles. The summed E-state index contributed by atoms with van der Waals surface area (Å²) in [6.07, 6.45) is 1.81. The SMILES string of the molecule is CNc1cc(/C(=C\CO)c2ccccc2)c2nnn(C(c3ccccc3)(c3ccccc3)c3ccccc3)c2n1. The van der Waals surface area contributed by atoms with E-state index in [0.717, 1.165) is 33.4 Å². The summed E-state index contributed by atoms with van der Waals surface area (Å²) in [6.45, 7) is -0.112. The maximum atomic E-state index is 9.99. The smallest absolute Gasteiger partial charge is 0.182 e. The van der Waals surface area contributed by atoms with Crippen LogP contribution in [0.15, 0.2) is 133 Å². The number of rotatable bonds is 8. The quantitative estimate of drug-likeness (QED) is 0.235.